The molecule has 13 heteroatoms. The number of rotatable bonds is 4. The summed E-state index contributed by atoms with van der Waals surface area (Å²) in [6.07, 6.45) is -3.37. The number of aromatic nitrogens is 3. The quantitative estimate of drug-likeness (QED) is 0.248. The fourth-order valence-corrected chi connectivity index (χ4v) is 4.71. The van der Waals surface area contributed by atoms with Crippen LogP contribution in [0.2, 0.25) is 0 Å². The molecule has 4 N–H and O–H groups in total. The molecule has 0 fully saturated rings. The van der Waals surface area contributed by atoms with Gasteiger partial charge in [-0.3, -0.25) is 9.59 Å². The summed E-state index contributed by atoms with van der Waals surface area (Å²) in [5.41, 5.74) is 5.91. The Morgan fingerprint density at radius 3 is 2.29 bits per heavy atom. The van der Waals surface area contributed by atoms with Gasteiger partial charge in [-0.1, -0.05) is 32.9 Å². The third-order valence-electron chi connectivity index (χ3n) is 6.89. The molecule has 5 rings (SSSR count). The number of benzene rings is 2. The lowest BCUT2D eigenvalue weighted by molar-refractivity contribution is -0.137. The van der Waals surface area contributed by atoms with Gasteiger partial charge in [0, 0.05) is 24.0 Å². The van der Waals surface area contributed by atoms with Gasteiger partial charge in [0.25, 0.3) is 11.8 Å². The van der Waals surface area contributed by atoms with Crippen molar-refractivity contribution in [2.24, 2.45) is 5.73 Å². The number of halogens is 5. The van der Waals surface area contributed by atoms with Crippen LogP contribution < -0.4 is 16.4 Å². The highest BCUT2D eigenvalue weighted by Crippen LogP contribution is 2.37. The summed E-state index contributed by atoms with van der Waals surface area (Å²) >= 11 is 0. The number of fused-ring (bicyclic) bond motifs is 2. The smallest absolute Gasteiger partial charge is 0.365 e. The Morgan fingerprint density at radius 2 is 1.67 bits per heavy atom. The molecule has 1 aliphatic rings. The monoisotopic (exact) mass is 584 g/mol. The van der Waals surface area contributed by atoms with E-state index in [9.17, 15) is 22.8 Å². The van der Waals surface area contributed by atoms with E-state index in [0.29, 0.717) is 25.1 Å². The van der Waals surface area contributed by atoms with E-state index in [-0.39, 0.29) is 28.1 Å². The van der Waals surface area contributed by atoms with Gasteiger partial charge in [0.2, 0.25) is 0 Å². The lowest BCUT2D eigenvalue weighted by atomic mass is 9.85. The maximum absolute atomic E-state index is 15.2. The Hall–Kier alpha value is -4.81. The molecule has 0 bridgehead atoms. The molecule has 2 amide bonds. The minimum atomic E-state index is -4.71. The van der Waals surface area contributed by atoms with Gasteiger partial charge in [-0.15, -0.1) is 0 Å². The van der Waals surface area contributed by atoms with Gasteiger partial charge in [0.05, 0.1) is 5.56 Å². The first-order valence-corrected chi connectivity index (χ1v) is 12.8. The van der Waals surface area contributed by atoms with E-state index in [1.165, 1.54) is 4.68 Å². The van der Waals surface area contributed by atoms with Crippen LogP contribution in [0.5, 0.6) is 0 Å². The van der Waals surface area contributed by atoms with E-state index in [1.54, 1.807) is 0 Å². The number of hydrogen-bond acceptors (Lipinski definition) is 5. The van der Waals surface area contributed by atoms with Crippen LogP contribution in [0.3, 0.4) is 0 Å². The number of primary amides is 1. The average Bonchev–Trinajstić information content (AvgIpc) is 3.15. The lowest BCUT2D eigenvalue weighted by Gasteiger charge is -2.21. The predicted molar refractivity (Wildman–Crippen MR) is 145 cm³/mol. The number of nitrogens with one attached hydrogen (secondary N) is 2. The number of aryl methyl sites for hydroxylation is 2. The van der Waals surface area contributed by atoms with Crippen LogP contribution in [0.15, 0.2) is 48.7 Å². The van der Waals surface area contributed by atoms with Crippen LogP contribution in [0, 0.1) is 11.6 Å². The number of anilines is 3. The number of carbonyl (C=O) groups is 2. The van der Waals surface area contributed by atoms with Crippen molar-refractivity contribution in [3.05, 3.63) is 88.1 Å². The average molecular weight is 585 g/mol. The zero-order valence-corrected chi connectivity index (χ0v) is 22.7. The fourth-order valence-electron chi connectivity index (χ4n) is 4.71. The van der Waals surface area contributed by atoms with Crippen LogP contribution in [0.4, 0.5) is 39.3 Å². The zero-order chi connectivity index (χ0) is 30.6. The molecule has 0 spiro atoms. The molecule has 1 aliphatic heterocycles. The minimum absolute atomic E-state index is 0.0821. The van der Waals surface area contributed by atoms with Gasteiger partial charge < -0.3 is 16.4 Å². The maximum atomic E-state index is 15.2. The van der Waals surface area contributed by atoms with Crippen molar-refractivity contribution < 1.29 is 31.5 Å². The van der Waals surface area contributed by atoms with Gasteiger partial charge in [-0.05, 0) is 53.3 Å². The first-order valence-electron chi connectivity index (χ1n) is 12.8. The highest BCUT2D eigenvalue weighted by molar-refractivity contribution is 6.06. The topological polar surface area (TPSA) is 115 Å². The van der Waals surface area contributed by atoms with Crippen LogP contribution in [-0.2, 0) is 24.6 Å². The number of alkyl halides is 3. The second-order valence-corrected chi connectivity index (χ2v) is 10.9. The molecular weight excluding hydrogens is 559 g/mol. The van der Waals surface area contributed by atoms with Gasteiger partial charge in [0.15, 0.2) is 0 Å². The molecule has 0 atom stereocenters. The Kier molecular flexibility index (Phi) is 6.99. The van der Waals surface area contributed by atoms with Crippen LogP contribution >= 0.6 is 0 Å². The fraction of sp³-hybridized carbons (Fsp3) is 0.241. The Morgan fingerprint density at radius 1 is 0.976 bits per heavy atom. The van der Waals surface area contributed by atoms with Crippen LogP contribution in [0.25, 0.3) is 11.3 Å². The first kappa shape index (κ1) is 28.7. The van der Waals surface area contributed by atoms with E-state index in [0.717, 1.165) is 35.1 Å². The molecule has 0 saturated heterocycles. The van der Waals surface area contributed by atoms with Crippen molar-refractivity contribution >= 4 is 29.1 Å². The molecule has 0 saturated carbocycles. The van der Waals surface area contributed by atoms with E-state index in [2.05, 4.69) is 42.2 Å². The molecule has 2 aromatic heterocycles. The second kappa shape index (κ2) is 10.2. The normalized spacial score (nSPS) is 13.0. The van der Waals surface area contributed by atoms with E-state index in [4.69, 9.17) is 5.73 Å². The van der Waals surface area contributed by atoms with Crippen molar-refractivity contribution in [3.63, 3.8) is 0 Å². The summed E-state index contributed by atoms with van der Waals surface area (Å²) < 4.78 is 70.8. The molecule has 0 radical (unpaired) electrons. The molecule has 42 heavy (non-hydrogen) atoms. The third-order valence-corrected chi connectivity index (χ3v) is 6.89. The second-order valence-electron chi connectivity index (χ2n) is 10.9. The highest BCUT2D eigenvalue weighted by atomic mass is 19.4. The number of nitrogens with zero attached hydrogens (tertiary/aromatic N) is 3. The molecule has 4 aromatic rings. The number of hydrogen-bond donors (Lipinski definition) is 3. The molecule has 2 aromatic carbocycles. The van der Waals surface area contributed by atoms with Gasteiger partial charge in [-0.25, -0.2) is 18.4 Å². The Labute approximate surface area is 236 Å². The standard InChI is InChI=1S/C29H25F5N6O2/c1-28(2,3)16-4-5-20-14(10-16)7-9-40-26(37-20)23(25(35)41)24(39-40)15-11-18(30)22(19(31)12-15)27(42)38-21-13-17(6-8-36-21)29(32,33)34/h4-6,8,10-13,37H,7,9H2,1-3H3,(H2,35,41)(H,36,38,42). The van der Waals surface area contributed by atoms with E-state index < -0.39 is 46.6 Å². The summed E-state index contributed by atoms with van der Waals surface area (Å²) in [6.45, 7) is 6.61. The first-order chi connectivity index (χ1) is 19.6. The highest BCUT2D eigenvalue weighted by Gasteiger charge is 2.32. The lowest BCUT2D eigenvalue weighted by Crippen LogP contribution is -2.18. The summed E-state index contributed by atoms with van der Waals surface area (Å²) in [5.74, 6) is -5.22. The third kappa shape index (κ3) is 5.41. The maximum Gasteiger partial charge on any atom is 0.416 e. The summed E-state index contributed by atoms with van der Waals surface area (Å²) in [5, 5.41) is 9.58. The van der Waals surface area contributed by atoms with Crippen molar-refractivity contribution in [3.8, 4) is 11.3 Å². The molecule has 0 unspecified atom stereocenters. The number of amides is 2. The zero-order valence-electron chi connectivity index (χ0n) is 22.7. The van der Waals surface area contributed by atoms with Crippen molar-refractivity contribution in [2.45, 2.75) is 45.3 Å². The number of nitrogens with two attached hydrogens (primary N) is 1. The van der Waals surface area contributed by atoms with Crippen molar-refractivity contribution in [2.75, 3.05) is 10.6 Å². The Balaban J connectivity index is 1.49. The molecule has 8 nitrogen and oxygen atoms in total. The van der Waals surface area contributed by atoms with E-state index >= 15 is 8.78 Å². The molecule has 218 valence electrons. The van der Waals surface area contributed by atoms with Gasteiger partial charge in [-0.2, -0.15) is 18.3 Å². The number of carbonyl (C=O) groups excluding carboxylic acids is 2. The largest absolute Gasteiger partial charge is 0.416 e. The summed E-state index contributed by atoms with van der Waals surface area (Å²) in [6, 6.07) is 8.75. The van der Waals surface area contributed by atoms with Crippen molar-refractivity contribution in [1.82, 2.24) is 14.8 Å². The van der Waals surface area contributed by atoms with Crippen LogP contribution in [0.1, 0.15) is 58.2 Å². The molecule has 3 heterocycles. The summed E-state index contributed by atoms with van der Waals surface area (Å²) in [4.78, 5) is 28.8. The SMILES string of the molecule is CC(C)(C)c1ccc2c(c1)CCn1nc(-c3cc(F)c(C(=O)Nc4cc(C(F)(F)F)ccn4)c(F)c3)c(C(N)=O)c1N2. The number of pyridine rings is 1. The predicted octanol–water partition coefficient (Wildman–Crippen LogP) is 6.19. The van der Waals surface area contributed by atoms with Crippen LogP contribution in [-0.4, -0.2) is 26.6 Å². The molecule has 0 aliphatic carbocycles. The van der Waals surface area contributed by atoms with E-state index in [1.807, 2.05) is 17.4 Å². The van der Waals surface area contributed by atoms with Crippen molar-refractivity contribution in [1.29, 1.82) is 0 Å². The van der Waals surface area contributed by atoms with Gasteiger partial charge in [0.1, 0.15) is 40.1 Å². The molecular formula is C29H25F5N6O2. The van der Waals surface area contributed by atoms with Gasteiger partial charge >= 0.3 is 6.18 Å². The minimum Gasteiger partial charge on any atom is -0.365 e. The Bertz CT molecular complexity index is 1720. The summed E-state index contributed by atoms with van der Waals surface area (Å²) in [7, 11) is 0.